The number of hydrogen-bond donors (Lipinski definition) is 0. The van der Waals surface area contributed by atoms with E-state index in [1.807, 2.05) is 0 Å². The van der Waals surface area contributed by atoms with E-state index in [0.717, 1.165) is 6.42 Å². The largest absolute Gasteiger partial charge is 0.283 e. The molecule has 0 atom stereocenters. The Morgan fingerprint density at radius 1 is 1.17 bits per heavy atom. The molecule has 0 aromatic heterocycles. The van der Waals surface area contributed by atoms with Crippen molar-refractivity contribution in [2.24, 2.45) is 16.7 Å². The lowest BCUT2D eigenvalue weighted by Crippen LogP contribution is -2.49. The summed E-state index contributed by atoms with van der Waals surface area (Å²) in [5, 5.41) is 0. The molecule has 0 saturated carbocycles. The van der Waals surface area contributed by atoms with Gasteiger partial charge in [-0.1, -0.05) is 41.5 Å². The number of hydrogen-bond acceptors (Lipinski definition) is 2. The Kier molecular flexibility index (Phi) is 4.24. The molecule has 18 heavy (non-hydrogen) atoms. The first-order valence-electron chi connectivity index (χ1n) is 6.88. The number of carbonyl (C=O) groups is 2. The number of nitrogens with zero attached hydrogens (tertiary/aromatic N) is 1. The van der Waals surface area contributed by atoms with Crippen molar-refractivity contribution in [1.82, 2.24) is 4.90 Å². The Balaban J connectivity index is 2.71. The molecular weight excluding hydrogens is 226 g/mol. The lowest BCUT2D eigenvalue weighted by molar-refractivity contribution is -0.154. The van der Waals surface area contributed by atoms with Crippen molar-refractivity contribution < 1.29 is 9.59 Å². The van der Waals surface area contributed by atoms with Crippen molar-refractivity contribution in [2.75, 3.05) is 6.54 Å². The monoisotopic (exact) mass is 253 g/mol. The molecule has 0 unspecified atom stereocenters. The van der Waals surface area contributed by atoms with Crippen LogP contribution in [0, 0.1) is 16.7 Å². The lowest BCUT2D eigenvalue weighted by Gasteiger charge is -2.40. The van der Waals surface area contributed by atoms with Gasteiger partial charge in [0, 0.05) is 19.4 Å². The predicted octanol–water partition coefficient (Wildman–Crippen LogP) is 3.23. The minimum atomic E-state index is -0.160. The third-order valence-corrected chi connectivity index (χ3v) is 4.19. The van der Waals surface area contributed by atoms with Crippen LogP contribution in [0.5, 0.6) is 0 Å². The zero-order valence-corrected chi connectivity index (χ0v) is 12.7. The molecule has 1 aliphatic heterocycles. The zero-order valence-electron chi connectivity index (χ0n) is 12.7. The Morgan fingerprint density at radius 2 is 1.61 bits per heavy atom. The Hall–Kier alpha value is -0.860. The Morgan fingerprint density at radius 3 is 1.94 bits per heavy atom. The van der Waals surface area contributed by atoms with Gasteiger partial charge < -0.3 is 0 Å². The van der Waals surface area contributed by atoms with Crippen LogP contribution >= 0.6 is 0 Å². The minimum absolute atomic E-state index is 0.00620. The van der Waals surface area contributed by atoms with Gasteiger partial charge in [-0.15, -0.1) is 0 Å². The maximum absolute atomic E-state index is 12.1. The summed E-state index contributed by atoms with van der Waals surface area (Å²) in [6, 6.07) is 0. The first-order chi connectivity index (χ1) is 8.05. The van der Waals surface area contributed by atoms with E-state index >= 15 is 0 Å². The number of rotatable bonds is 3. The van der Waals surface area contributed by atoms with Crippen LogP contribution in [-0.4, -0.2) is 23.3 Å². The van der Waals surface area contributed by atoms with E-state index in [2.05, 4.69) is 41.5 Å². The van der Waals surface area contributed by atoms with Crippen LogP contribution in [0.2, 0.25) is 0 Å². The molecule has 0 spiro atoms. The third-order valence-electron chi connectivity index (χ3n) is 4.19. The van der Waals surface area contributed by atoms with Gasteiger partial charge in [-0.05, 0) is 23.2 Å². The molecule has 1 heterocycles. The summed E-state index contributed by atoms with van der Waals surface area (Å²) in [7, 11) is 0. The van der Waals surface area contributed by atoms with Crippen LogP contribution in [0.1, 0.15) is 60.8 Å². The summed E-state index contributed by atoms with van der Waals surface area (Å²) in [5.41, 5.74) is -0.00818. The average Bonchev–Trinajstić information content (AvgIpc) is 2.13. The molecule has 1 aliphatic rings. The van der Waals surface area contributed by atoms with Gasteiger partial charge in [0.2, 0.25) is 11.8 Å². The fourth-order valence-corrected chi connectivity index (χ4v) is 2.19. The standard InChI is InChI=1S/C15H27NO2/c1-11(2)15(6)9-12(17)16(13(18)10-15)8-7-14(3,4)5/h11H,7-10H2,1-6H3. The van der Waals surface area contributed by atoms with E-state index in [1.165, 1.54) is 4.90 Å². The molecule has 2 amide bonds. The number of likely N-dealkylation sites (tertiary alicyclic amines) is 1. The third kappa shape index (κ3) is 3.56. The van der Waals surface area contributed by atoms with Gasteiger partial charge in [0.05, 0.1) is 0 Å². The van der Waals surface area contributed by atoms with E-state index in [9.17, 15) is 9.59 Å². The van der Waals surface area contributed by atoms with E-state index in [0.29, 0.717) is 25.3 Å². The molecule has 0 aromatic rings. The van der Waals surface area contributed by atoms with Gasteiger partial charge >= 0.3 is 0 Å². The van der Waals surface area contributed by atoms with E-state index in [4.69, 9.17) is 0 Å². The van der Waals surface area contributed by atoms with Gasteiger partial charge in [-0.2, -0.15) is 0 Å². The molecule has 1 fully saturated rings. The second kappa shape index (κ2) is 5.02. The molecule has 1 rings (SSSR count). The maximum Gasteiger partial charge on any atom is 0.229 e. The summed E-state index contributed by atoms with van der Waals surface area (Å²) in [6.07, 6.45) is 1.87. The fourth-order valence-electron chi connectivity index (χ4n) is 2.19. The normalized spacial score (nSPS) is 20.7. The van der Waals surface area contributed by atoms with E-state index in [-0.39, 0.29) is 22.6 Å². The van der Waals surface area contributed by atoms with E-state index < -0.39 is 0 Å². The second-order valence-electron chi connectivity index (χ2n) is 7.41. The molecule has 0 N–H and O–H groups in total. The van der Waals surface area contributed by atoms with Crippen LogP contribution in [0.4, 0.5) is 0 Å². The zero-order chi connectivity index (χ0) is 14.1. The summed E-state index contributed by atoms with van der Waals surface area (Å²) < 4.78 is 0. The average molecular weight is 253 g/mol. The molecule has 3 heteroatoms. The number of amides is 2. The molecule has 0 radical (unpaired) electrons. The van der Waals surface area contributed by atoms with Gasteiger partial charge in [0.1, 0.15) is 0 Å². The van der Waals surface area contributed by atoms with Crippen LogP contribution in [0.15, 0.2) is 0 Å². The highest BCUT2D eigenvalue weighted by molar-refractivity contribution is 5.98. The van der Waals surface area contributed by atoms with Gasteiger partial charge in [-0.25, -0.2) is 0 Å². The number of carbonyl (C=O) groups excluding carboxylic acids is 2. The molecule has 0 aromatic carbocycles. The van der Waals surface area contributed by atoms with Crippen LogP contribution in [0.3, 0.4) is 0 Å². The van der Waals surface area contributed by atoms with Gasteiger partial charge in [-0.3, -0.25) is 14.5 Å². The van der Waals surface area contributed by atoms with Crippen LogP contribution in [0.25, 0.3) is 0 Å². The second-order valence-corrected chi connectivity index (χ2v) is 7.41. The van der Waals surface area contributed by atoms with Crippen LogP contribution in [-0.2, 0) is 9.59 Å². The number of piperidine rings is 1. The summed E-state index contributed by atoms with van der Waals surface area (Å²) in [6.45, 7) is 13.2. The van der Waals surface area contributed by atoms with Crippen molar-refractivity contribution in [2.45, 2.75) is 60.8 Å². The van der Waals surface area contributed by atoms with Crippen LogP contribution < -0.4 is 0 Å². The Labute approximate surface area is 111 Å². The minimum Gasteiger partial charge on any atom is -0.283 e. The fraction of sp³-hybridized carbons (Fsp3) is 0.867. The predicted molar refractivity (Wildman–Crippen MR) is 73.0 cm³/mol. The maximum atomic E-state index is 12.1. The van der Waals surface area contributed by atoms with Crippen molar-refractivity contribution in [1.29, 1.82) is 0 Å². The highest BCUT2D eigenvalue weighted by Crippen LogP contribution is 2.39. The van der Waals surface area contributed by atoms with Crippen molar-refractivity contribution >= 4 is 11.8 Å². The Bertz CT molecular complexity index is 321. The number of imide groups is 1. The molecular formula is C15H27NO2. The quantitative estimate of drug-likeness (QED) is 0.724. The smallest absolute Gasteiger partial charge is 0.229 e. The lowest BCUT2D eigenvalue weighted by atomic mass is 9.71. The van der Waals surface area contributed by atoms with Crippen molar-refractivity contribution in [3.8, 4) is 0 Å². The SMILES string of the molecule is CC(C)C1(C)CC(=O)N(CCC(C)(C)C)C(=O)C1. The van der Waals surface area contributed by atoms with Crippen molar-refractivity contribution in [3.05, 3.63) is 0 Å². The molecule has 104 valence electrons. The van der Waals surface area contributed by atoms with Gasteiger partial charge in [0.25, 0.3) is 0 Å². The van der Waals surface area contributed by atoms with Gasteiger partial charge in [0.15, 0.2) is 0 Å². The summed E-state index contributed by atoms with van der Waals surface area (Å²) in [4.78, 5) is 25.8. The summed E-state index contributed by atoms with van der Waals surface area (Å²) >= 11 is 0. The van der Waals surface area contributed by atoms with E-state index in [1.54, 1.807) is 0 Å². The first kappa shape index (κ1) is 15.2. The molecule has 1 saturated heterocycles. The summed E-state index contributed by atoms with van der Waals surface area (Å²) in [5.74, 6) is 0.369. The molecule has 0 aliphatic carbocycles. The van der Waals surface area contributed by atoms with Crippen molar-refractivity contribution in [3.63, 3.8) is 0 Å². The molecule has 0 bridgehead atoms. The highest BCUT2D eigenvalue weighted by Gasteiger charge is 2.42. The topological polar surface area (TPSA) is 37.4 Å². The molecule has 3 nitrogen and oxygen atoms in total. The highest BCUT2D eigenvalue weighted by atomic mass is 16.2. The first-order valence-corrected chi connectivity index (χ1v) is 6.88.